The lowest BCUT2D eigenvalue weighted by Gasteiger charge is -2.09. The standard InChI is InChI=1S/C13H12N4O3/c18-10(11-2-1-5-20-11)6-14-13(19)9-3-4-12-16-15-8-17(12)7-9/h1-5,7-8,10,18H,6H2,(H,14,19). The summed E-state index contributed by atoms with van der Waals surface area (Å²) in [6.07, 6.45) is 3.75. The van der Waals surface area contributed by atoms with Crippen LogP contribution < -0.4 is 5.32 Å². The van der Waals surface area contributed by atoms with Crippen LogP contribution in [0.4, 0.5) is 0 Å². The minimum atomic E-state index is -0.868. The van der Waals surface area contributed by atoms with Gasteiger partial charge in [-0.15, -0.1) is 10.2 Å². The van der Waals surface area contributed by atoms with Crippen molar-refractivity contribution in [2.75, 3.05) is 6.54 Å². The van der Waals surface area contributed by atoms with E-state index in [0.717, 1.165) is 0 Å². The highest BCUT2D eigenvalue weighted by Gasteiger charge is 2.13. The number of fused-ring (bicyclic) bond motifs is 1. The Hall–Kier alpha value is -2.67. The third kappa shape index (κ3) is 2.39. The summed E-state index contributed by atoms with van der Waals surface area (Å²) in [7, 11) is 0. The van der Waals surface area contributed by atoms with Gasteiger partial charge in [-0.2, -0.15) is 0 Å². The molecule has 1 amide bonds. The van der Waals surface area contributed by atoms with E-state index < -0.39 is 6.10 Å². The van der Waals surface area contributed by atoms with Crippen molar-refractivity contribution in [3.05, 3.63) is 54.4 Å². The second-order valence-electron chi connectivity index (χ2n) is 4.26. The van der Waals surface area contributed by atoms with Crippen molar-refractivity contribution in [2.24, 2.45) is 0 Å². The molecular formula is C13H12N4O3. The SMILES string of the molecule is O=C(NCC(O)c1ccco1)c1ccc2nncn2c1. The number of carbonyl (C=O) groups is 1. The molecule has 0 aliphatic rings. The smallest absolute Gasteiger partial charge is 0.252 e. The Morgan fingerprint density at radius 2 is 2.35 bits per heavy atom. The minimum absolute atomic E-state index is 0.0760. The van der Waals surface area contributed by atoms with Gasteiger partial charge in [-0.1, -0.05) is 0 Å². The number of hydrogen-bond donors (Lipinski definition) is 2. The molecule has 102 valence electrons. The van der Waals surface area contributed by atoms with Crippen molar-refractivity contribution in [3.8, 4) is 0 Å². The summed E-state index contributed by atoms with van der Waals surface area (Å²) in [4.78, 5) is 12.0. The van der Waals surface area contributed by atoms with E-state index >= 15 is 0 Å². The van der Waals surface area contributed by atoms with Gasteiger partial charge in [0.05, 0.1) is 18.4 Å². The Labute approximate surface area is 113 Å². The molecule has 1 atom stereocenters. The summed E-state index contributed by atoms with van der Waals surface area (Å²) in [5.74, 6) is 0.130. The van der Waals surface area contributed by atoms with Crippen molar-refractivity contribution < 1.29 is 14.3 Å². The van der Waals surface area contributed by atoms with Crippen molar-refractivity contribution in [1.29, 1.82) is 0 Å². The van der Waals surface area contributed by atoms with E-state index in [-0.39, 0.29) is 12.5 Å². The number of nitrogens with one attached hydrogen (secondary N) is 1. The second-order valence-corrected chi connectivity index (χ2v) is 4.26. The lowest BCUT2D eigenvalue weighted by molar-refractivity contribution is 0.0900. The number of nitrogens with zero attached hydrogens (tertiary/aromatic N) is 3. The molecule has 7 nitrogen and oxygen atoms in total. The number of carbonyl (C=O) groups excluding carboxylic acids is 1. The molecule has 7 heteroatoms. The van der Waals surface area contributed by atoms with Crippen LogP contribution in [0.25, 0.3) is 5.65 Å². The van der Waals surface area contributed by atoms with Crippen LogP contribution in [0.3, 0.4) is 0 Å². The van der Waals surface area contributed by atoms with Gasteiger partial charge in [-0.3, -0.25) is 9.20 Å². The van der Waals surface area contributed by atoms with E-state index in [1.54, 1.807) is 34.9 Å². The van der Waals surface area contributed by atoms with Gasteiger partial charge in [-0.05, 0) is 24.3 Å². The number of aliphatic hydroxyl groups excluding tert-OH is 1. The number of aromatic nitrogens is 3. The molecule has 3 heterocycles. The molecule has 20 heavy (non-hydrogen) atoms. The van der Waals surface area contributed by atoms with E-state index in [2.05, 4.69) is 15.5 Å². The van der Waals surface area contributed by atoms with Gasteiger partial charge in [0.15, 0.2) is 5.65 Å². The summed E-state index contributed by atoms with van der Waals surface area (Å²) in [5.41, 5.74) is 1.13. The van der Waals surface area contributed by atoms with Gasteiger partial charge in [0.2, 0.25) is 0 Å². The zero-order valence-electron chi connectivity index (χ0n) is 10.4. The molecule has 0 aliphatic heterocycles. The first-order valence-electron chi connectivity index (χ1n) is 6.03. The Balaban J connectivity index is 1.66. The highest BCUT2D eigenvalue weighted by Crippen LogP contribution is 2.12. The molecule has 0 aliphatic carbocycles. The Morgan fingerprint density at radius 3 is 3.15 bits per heavy atom. The van der Waals surface area contributed by atoms with Crippen LogP contribution in [0.1, 0.15) is 22.2 Å². The first kappa shape index (κ1) is 12.4. The number of pyridine rings is 1. The average molecular weight is 272 g/mol. The van der Waals surface area contributed by atoms with E-state index in [1.807, 2.05) is 0 Å². The number of rotatable bonds is 4. The van der Waals surface area contributed by atoms with Gasteiger partial charge in [0, 0.05) is 6.20 Å². The normalized spacial score (nSPS) is 12.4. The monoisotopic (exact) mass is 272 g/mol. The van der Waals surface area contributed by atoms with E-state index in [1.165, 1.54) is 12.6 Å². The fourth-order valence-electron chi connectivity index (χ4n) is 1.83. The Bertz CT molecular complexity index is 720. The van der Waals surface area contributed by atoms with Crippen LogP contribution in [-0.2, 0) is 0 Å². The quantitative estimate of drug-likeness (QED) is 0.732. The highest BCUT2D eigenvalue weighted by molar-refractivity contribution is 5.94. The number of aliphatic hydroxyl groups is 1. The first-order valence-corrected chi connectivity index (χ1v) is 6.03. The number of furan rings is 1. The molecule has 0 fully saturated rings. The maximum atomic E-state index is 12.0. The van der Waals surface area contributed by atoms with Crippen molar-refractivity contribution in [3.63, 3.8) is 0 Å². The average Bonchev–Trinajstić information content (AvgIpc) is 3.13. The summed E-state index contributed by atoms with van der Waals surface area (Å²) >= 11 is 0. The molecule has 1 unspecified atom stereocenters. The zero-order valence-corrected chi connectivity index (χ0v) is 10.4. The van der Waals surface area contributed by atoms with Crippen LogP contribution in [0.15, 0.2) is 47.5 Å². The zero-order chi connectivity index (χ0) is 13.9. The van der Waals surface area contributed by atoms with Crippen molar-refractivity contribution >= 4 is 11.6 Å². The maximum Gasteiger partial charge on any atom is 0.252 e. The summed E-state index contributed by atoms with van der Waals surface area (Å²) < 4.78 is 6.71. The molecule has 0 bridgehead atoms. The van der Waals surface area contributed by atoms with Crippen LogP contribution in [0.5, 0.6) is 0 Å². The molecular weight excluding hydrogens is 260 g/mol. The first-order chi connectivity index (χ1) is 9.74. The van der Waals surface area contributed by atoms with Crippen molar-refractivity contribution in [1.82, 2.24) is 19.9 Å². The highest BCUT2D eigenvalue weighted by atomic mass is 16.4. The van der Waals surface area contributed by atoms with Gasteiger partial charge in [-0.25, -0.2) is 0 Å². The molecule has 0 aromatic carbocycles. The molecule has 0 spiro atoms. The fourth-order valence-corrected chi connectivity index (χ4v) is 1.83. The molecule has 0 saturated heterocycles. The predicted molar refractivity (Wildman–Crippen MR) is 69.0 cm³/mol. The van der Waals surface area contributed by atoms with Gasteiger partial charge < -0.3 is 14.8 Å². The van der Waals surface area contributed by atoms with E-state index in [0.29, 0.717) is 17.0 Å². The topological polar surface area (TPSA) is 92.7 Å². The molecule has 3 rings (SSSR count). The van der Waals surface area contributed by atoms with Crippen LogP contribution in [0, 0.1) is 0 Å². The maximum absolute atomic E-state index is 12.0. The largest absolute Gasteiger partial charge is 0.467 e. The van der Waals surface area contributed by atoms with Crippen LogP contribution in [0.2, 0.25) is 0 Å². The van der Waals surface area contributed by atoms with E-state index in [9.17, 15) is 9.90 Å². The van der Waals surface area contributed by atoms with E-state index in [4.69, 9.17) is 4.42 Å². The third-order valence-corrected chi connectivity index (χ3v) is 2.88. The summed E-state index contributed by atoms with van der Waals surface area (Å²) in [5, 5.41) is 20.0. The van der Waals surface area contributed by atoms with Crippen LogP contribution >= 0.6 is 0 Å². The third-order valence-electron chi connectivity index (χ3n) is 2.88. The number of hydrogen-bond acceptors (Lipinski definition) is 5. The molecule has 0 radical (unpaired) electrons. The molecule has 3 aromatic rings. The van der Waals surface area contributed by atoms with Crippen LogP contribution in [-0.4, -0.2) is 32.2 Å². The van der Waals surface area contributed by atoms with Gasteiger partial charge in [0.25, 0.3) is 5.91 Å². The minimum Gasteiger partial charge on any atom is -0.467 e. The lowest BCUT2D eigenvalue weighted by atomic mass is 10.2. The fraction of sp³-hybridized carbons (Fsp3) is 0.154. The Kier molecular flexibility index (Phi) is 3.18. The lowest BCUT2D eigenvalue weighted by Crippen LogP contribution is -2.28. The molecule has 3 aromatic heterocycles. The number of amides is 1. The Morgan fingerprint density at radius 1 is 1.45 bits per heavy atom. The molecule has 2 N–H and O–H groups in total. The summed E-state index contributed by atoms with van der Waals surface area (Å²) in [6.45, 7) is 0.0760. The molecule has 0 saturated carbocycles. The van der Waals surface area contributed by atoms with Gasteiger partial charge in [0.1, 0.15) is 18.2 Å². The second kappa shape index (κ2) is 5.14. The summed E-state index contributed by atoms with van der Waals surface area (Å²) in [6, 6.07) is 6.68. The predicted octanol–water partition coefficient (Wildman–Crippen LogP) is 0.786. The van der Waals surface area contributed by atoms with Crippen molar-refractivity contribution in [2.45, 2.75) is 6.10 Å². The van der Waals surface area contributed by atoms with Gasteiger partial charge >= 0.3 is 0 Å².